The van der Waals surface area contributed by atoms with Gasteiger partial charge in [0, 0.05) is 10.6 Å². The SMILES string of the molecule is CC(C)COC(=O)c1ccccc1SCC(C)C. The van der Waals surface area contributed by atoms with Gasteiger partial charge in [-0.3, -0.25) is 0 Å². The summed E-state index contributed by atoms with van der Waals surface area (Å²) in [6.45, 7) is 8.89. The molecule has 0 bridgehead atoms. The Labute approximate surface area is 114 Å². The van der Waals surface area contributed by atoms with Crippen LogP contribution in [0.1, 0.15) is 38.1 Å². The second kappa shape index (κ2) is 7.47. The number of rotatable bonds is 6. The summed E-state index contributed by atoms with van der Waals surface area (Å²) in [5.74, 6) is 1.77. The van der Waals surface area contributed by atoms with Crippen LogP contribution in [0, 0.1) is 11.8 Å². The normalized spacial score (nSPS) is 11.0. The average molecular weight is 266 g/mol. The Morgan fingerprint density at radius 2 is 1.83 bits per heavy atom. The van der Waals surface area contributed by atoms with Crippen LogP contribution in [0.4, 0.5) is 0 Å². The second-order valence-electron chi connectivity index (χ2n) is 5.19. The first-order valence-corrected chi connectivity index (χ1v) is 7.38. The molecular formula is C15H22O2S. The van der Waals surface area contributed by atoms with Gasteiger partial charge < -0.3 is 4.74 Å². The van der Waals surface area contributed by atoms with E-state index in [2.05, 4.69) is 13.8 Å². The van der Waals surface area contributed by atoms with E-state index >= 15 is 0 Å². The minimum atomic E-state index is -0.212. The van der Waals surface area contributed by atoms with E-state index < -0.39 is 0 Å². The smallest absolute Gasteiger partial charge is 0.339 e. The van der Waals surface area contributed by atoms with Crippen LogP contribution in [0.3, 0.4) is 0 Å². The van der Waals surface area contributed by atoms with Crippen LogP contribution in [-0.2, 0) is 4.74 Å². The molecule has 0 amide bonds. The van der Waals surface area contributed by atoms with Crippen molar-refractivity contribution in [3.05, 3.63) is 29.8 Å². The fourth-order valence-corrected chi connectivity index (χ4v) is 2.33. The van der Waals surface area contributed by atoms with Gasteiger partial charge in [0.2, 0.25) is 0 Å². The molecule has 0 aliphatic carbocycles. The molecule has 0 saturated heterocycles. The van der Waals surface area contributed by atoms with Crippen molar-refractivity contribution in [1.82, 2.24) is 0 Å². The third kappa shape index (κ3) is 5.13. The summed E-state index contributed by atoms with van der Waals surface area (Å²) >= 11 is 1.72. The van der Waals surface area contributed by atoms with E-state index in [4.69, 9.17) is 4.74 Å². The predicted octanol–water partition coefficient (Wildman–Crippen LogP) is 4.25. The zero-order valence-corrected chi connectivity index (χ0v) is 12.4. The van der Waals surface area contributed by atoms with Crippen LogP contribution in [0.5, 0.6) is 0 Å². The summed E-state index contributed by atoms with van der Waals surface area (Å²) in [6.07, 6.45) is 0. The molecule has 1 aromatic carbocycles. The fraction of sp³-hybridized carbons (Fsp3) is 0.533. The van der Waals surface area contributed by atoms with Crippen LogP contribution in [0.2, 0.25) is 0 Å². The molecule has 1 aromatic rings. The van der Waals surface area contributed by atoms with Crippen molar-refractivity contribution >= 4 is 17.7 Å². The fourth-order valence-electron chi connectivity index (χ4n) is 1.34. The lowest BCUT2D eigenvalue weighted by Gasteiger charge is -2.11. The highest BCUT2D eigenvalue weighted by atomic mass is 32.2. The van der Waals surface area contributed by atoms with Crippen LogP contribution in [-0.4, -0.2) is 18.3 Å². The van der Waals surface area contributed by atoms with E-state index in [0.717, 1.165) is 10.6 Å². The van der Waals surface area contributed by atoms with Crippen molar-refractivity contribution < 1.29 is 9.53 Å². The number of thioether (sulfide) groups is 1. The van der Waals surface area contributed by atoms with E-state index in [1.807, 2.05) is 38.1 Å². The quantitative estimate of drug-likeness (QED) is 0.569. The first-order valence-electron chi connectivity index (χ1n) is 6.39. The van der Waals surface area contributed by atoms with E-state index in [9.17, 15) is 4.79 Å². The molecule has 0 aromatic heterocycles. The van der Waals surface area contributed by atoms with E-state index in [-0.39, 0.29) is 5.97 Å². The second-order valence-corrected chi connectivity index (χ2v) is 6.26. The highest BCUT2D eigenvalue weighted by Gasteiger charge is 2.13. The maximum atomic E-state index is 12.0. The molecular weight excluding hydrogens is 244 g/mol. The van der Waals surface area contributed by atoms with Gasteiger partial charge >= 0.3 is 5.97 Å². The van der Waals surface area contributed by atoms with Crippen LogP contribution < -0.4 is 0 Å². The molecule has 0 N–H and O–H groups in total. The molecule has 3 heteroatoms. The minimum absolute atomic E-state index is 0.212. The van der Waals surface area contributed by atoms with Crippen molar-refractivity contribution in [2.45, 2.75) is 32.6 Å². The number of carbonyl (C=O) groups is 1. The molecule has 0 radical (unpaired) electrons. The maximum Gasteiger partial charge on any atom is 0.339 e. The Morgan fingerprint density at radius 3 is 2.44 bits per heavy atom. The summed E-state index contributed by atoms with van der Waals surface area (Å²) < 4.78 is 5.28. The zero-order chi connectivity index (χ0) is 13.5. The van der Waals surface area contributed by atoms with Crippen molar-refractivity contribution in [3.8, 4) is 0 Å². The molecule has 0 unspecified atom stereocenters. The summed E-state index contributed by atoms with van der Waals surface area (Å²) in [5.41, 5.74) is 0.684. The van der Waals surface area contributed by atoms with Gasteiger partial charge in [-0.1, -0.05) is 39.8 Å². The standard InChI is InChI=1S/C15H22O2S/c1-11(2)9-17-15(16)13-7-5-6-8-14(13)18-10-12(3)4/h5-8,11-12H,9-10H2,1-4H3. The summed E-state index contributed by atoms with van der Waals surface area (Å²) in [5, 5.41) is 0. The van der Waals surface area contributed by atoms with Gasteiger partial charge in [0.25, 0.3) is 0 Å². The number of esters is 1. The largest absolute Gasteiger partial charge is 0.462 e. The molecule has 0 aliphatic heterocycles. The van der Waals surface area contributed by atoms with Gasteiger partial charge in [0.05, 0.1) is 12.2 Å². The van der Waals surface area contributed by atoms with Gasteiger partial charge in [-0.25, -0.2) is 4.79 Å². The number of hydrogen-bond donors (Lipinski definition) is 0. The van der Waals surface area contributed by atoms with E-state index in [1.165, 1.54) is 0 Å². The summed E-state index contributed by atoms with van der Waals surface area (Å²) in [7, 11) is 0. The third-order valence-electron chi connectivity index (χ3n) is 2.23. The van der Waals surface area contributed by atoms with Crippen molar-refractivity contribution in [1.29, 1.82) is 0 Å². The van der Waals surface area contributed by atoms with Crippen molar-refractivity contribution in [2.24, 2.45) is 11.8 Å². The first kappa shape index (κ1) is 15.1. The molecule has 0 heterocycles. The Hall–Kier alpha value is -0.960. The first-order chi connectivity index (χ1) is 8.50. The van der Waals surface area contributed by atoms with Crippen molar-refractivity contribution in [3.63, 3.8) is 0 Å². The summed E-state index contributed by atoms with van der Waals surface area (Å²) in [4.78, 5) is 13.0. The number of ether oxygens (including phenoxy) is 1. The van der Waals surface area contributed by atoms with Crippen LogP contribution >= 0.6 is 11.8 Å². The van der Waals surface area contributed by atoms with Crippen LogP contribution in [0.25, 0.3) is 0 Å². The molecule has 0 spiro atoms. The van der Waals surface area contributed by atoms with Gasteiger partial charge in [-0.05, 0) is 24.0 Å². The Morgan fingerprint density at radius 1 is 1.17 bits per heavy atom. The lowest BCUT2D eigenvalue weighted by atomic mass is 10.2. The van der Waals surface area contributed by atoms with E-state index in [0.29, 0.717) is 24.0 Å². The maximum absolute atomic E-state index is 12.0. The molecule has 18 heavy (non-hydrogen) atoms. The molecule has 0 atom stereocenters. The minimum Gasteiger partial charge on any atom is -0.462 e. The molecule has 2 nitrogen and oxygen atoms in total. The van der Waals surface area contributed by atoms with Gasteiger partial charge in [-0.2, -0.15) is 0 Å². The lowest BCUT2D eigenvalue weighted by Crippen LogP contribution is -2.11. The van der Waals surface area contributed by atoms with Crippen molar-refractivity contribution in [2.75, 3.05) is 12.4 Å². The monoisotopic (exact) mass is 266 g/mol. The summed E-state index contributed by atoms with van der Waals surface area (Å²) in [6, 6.07) is 7.66. The van der Waals surface area contributed by atoms with Gasteiger partial charge in [-0.15, -0.1) is 11.8 Å². The Balaban J connectivity index is 2.71. The Kier molecular flexibility index (Phi) is 6.27. The lowest BCUT2D eigenvalue weighted by molar-refractivity contribution is 0.0455. The molecule has 0 fully saturated rings. The molecule has 0 aliphatic rings. The number of benzene rings is 1. The van der Waals surface area contributed by atoms with Gasteiger partial charge in [0.1, 0.15) is 0 Å². The predicted molar refractivity (Wildman–Crippen MR) is 77.1 cm³/mol. The van der Waals surface area contributed by atoms with Crippen LogP contribution in [0.15, 0.2) is 29.2 Å². The molecule has 1 rings (SSSR count). The average Bonchev–Trinajstić information content (AvgIpc) is 2.33. The molecule has 0 saturated carbocycles. The highest BCUT2D eigenvalue weighted by Crippen LogP contribution is 2.25. The van der Waals surface area contributed by atoms with E-state index in [1.54, 1.807) is 11.8 Å². The molecule has 100 valence electrons. The highest BCUT2D eigenvalue weighted by molar-refractivity contribution is 7.99. The Bertz CT molecular complexity index is 386. The third-order valence-corrected chi connectivity index (χ3v) is 3.73. The zero-order valence-electron chi connectivity index (χ0n) is 11.6. The van der Waals surface area contributed by atoms with Gasteiger partial charge in [0.15, 0.2) is 0 Å². The number of carbonyl (C=O) groups excluding carboxylic acids is 1. The number of hydrogen-bond acceptors (Lipinski definition) is 3. The topological polar surface area (TPSA) is 26.3 Å².